The van der Waals surface area contributed by atoms with Gasteiger partial charge in [-0.2, -0.15) is 0 Å². The number of Topliss-reactive ketones (excluding diaryl/α,β-unsaturated/α-hetero) is 1. The minimum Gasteiger partial charge on any atom is -0.467 e. The van der Waals surface area contributed by atoms with E-state index < -0.39 is 39.6 Å². The van der Waals surface area contributed by atoms with Crippen LogP contribution in [0.5, 0.6) is 0 Å². The van der Waals surface area contributed by atoms with Gasteiger partial charge in [-0.15, -0.1) is 0 Å². The van der Waals surface area contributed by atoms with Crippen molar-refractivity contribution in [2.24, 2.45) is 17.0 Å². The topological polar surface area (TPSA) is 133 Å². The highest BCUT2D eigenvalue weighted by atomic mass is 32.2. The van der Waals surface area contributed by atoms with Gasteiger partial charge in [-0.25, -0.2) is 18.4 Å². The Balaban J connectivity index is 2.29. The van der Waals surface area contributed by atoms with E-state index in [9.17, 15) is 22.8 Å². The van der Waals surface area contributed by atoms with Crippen molar-refractivity contribution in [2.75, 3.05) is 7.11 Å². The number of hydrogen-bond acceptors (Lipinski definition) is 6. The number of ether oxygens (including phenoxy) is 1. The Morgan fingerprint density at radius 2 is 1.70 bits per heavy atom. The van der Waals surface area contributed by atoms with E-state index in [4.69, 9.17) is 9.88 Å². The Bertz CT molecular complexity index is 1080. The fraction of sp³-hybridized carbons (Fsp3) is 0.375. The van der Waals surface area contributed by atoms with Crippen LogP contribution in [0.15, 0.2) is 59.5 Å². The number of primary sulfonamides is 1. The van der Waals surface area contributed by atoms with Crippen molar-refractivity contribution in [2.45, 2.75) is 44.0 Å². The SMILES string of the molecule is COC(=O)[C@@H](CC(C)C)NC(=O)C(CC(=O)c1cccc(S(N)(=O)=O)c1)Cc1ccccc1. The van der Waals surface area contributed by atoms with Crippen LogP contribution in [0.4, 0.5) is 0 Å². The number of nitrogens with one attached hydrogen (secondary N) is 1. The summed E-state index contributed by atoms with van der Waals surface area (Å²) in [5.74, 6) is -2.06. The lowest BCUT2D eigenvalue weighted by atomic mass is 9.90. The molecule has 0 bridgehead atoms. The molecule has 9 heteroatoms. The molecule has 0 saturated heterocycles. The van der Waals surface area contributed by atoms with E-state index in [0.717, 1.165) is 5.56 Å². The normalized spacial score (nSPS) is 13.2. The van der Waals surface area contributed by atoms with Gasteiger partial charge in [-0.3, -0.25) is 9.59 Å². The molecule has 0 aromatic heterocycles. The highest BCUT2D eigenvalue weighted by Crippen LogP contribution is 2.19. The number of ketones is 1. The highest BCUT2D eigenvalue weighted by molar-refractivity contribution is 7.89. The van der Waals surface area contributed by atoms with E-state index in [1.165, 1.54) is 31.4 Å². The Labute approximate surface area is 194 Å². The molecule has 0 heterocycles. The number of nitrogens with two attached hydrogens (primary N) is 1. The van der Waals surface area contributed by atoms with Crippen LogP contribution in [0.1, 0.15) is 42.6 Å². The van der Waals surface area contributed by atoms with Gasteiger partial charge in [0.2, 0.25) is 15.9 Å². The lowest BCUT2D eigenvalue weighted by molar-refractivity contribution is -0.146. The van der Waals surface area contributed by atoms with Crippen LogP contribution in [-0.2, 0) is 30.8 Å². The van der Waals surface area contributed by atoms with Crippen molar-refractivity contribution < 1.29 is 27.5 Å². The fourth-order valence-electron chi connectivity index (χ4n) is 3.46. The fourth-order valence-corrected chi connectivity index (χ4v) is 4.02. The monoisotopic (exact) mass is 474 g/mol. The molecule has 2 rings (SSSR count). The molecule has 2 aromatic carbocycles. The molecule has 8 nitrogen and oxygen atoms in total. The Kier molecular flexibility index (Phi) is 9.31. The summed E-state index contributed by atoms with van der Waals surface area (Å²) in [4.78, 5) is 38.1. The number of esters is 1. The first-order chi connectivity index (χ1) is 15.5. The Hall–Kier alpha value is -3.04. The van der Waals surface area contributed by atoms with Gasteiger partial charge in [0.05, 0.1) is 12.0 Å². The van der Waals surface area contributed by atoms with E-state index in [1.807, 2.05) is 44.2 Å². The third-order valence-electron chi connectivity index (χ3n) is 5.12. The number of benzene rings is 2. The van der Waals surface area contributed by atoms with Gasteiger partial charge in [0, 0.05) is 17.9 Å². The zero-order chi connectivity index (χ0) is 24.6. The van der Waals surface area contributed by atoms with E-state index in [1.54, 1.807) is 0 Å². The number of rotatable bonds is 11. The average molecular weight is 475 g/mol. The maximum atomic E-state index is 13.2. The van der Waals surface area contributed by atoms with Crippen LogP contribution in [0.25, 0.3) is 0 Å². The molecule has 0 saturated carbocycles. The number of sulfonamides is 1. The van der Waals surface area contributed by atoms with Gasteiger partial charge in [-0.1, -0.05) is 56.3 Å². The molecule has 0 aliphatic heterocycles. The largest absolute Gasteiger partial charge is 0.467 e. The first-order valence-corrected chi connectivity index (χ1v) is 12.1. The smallest absolute Gasteiger partial charge is 0.328 e. The number of carbonyl (C=O) groups excluding carboxylic acids is 3. The third kappa shape index (κ3) is 8.11. The van der Waals surface area contributed by atoms with Crippen LogP contribution >= 0.6 is 0 Å². The van der Waals surface area contributed by atoms with Crippen LogP contribution < -0.4 is 10.5 Å². The summed E-state index contributed by atoms with van der Waals surface area (Å²) in [5.41, 5.74) is 0.987. The zero-order valence-corrected chi connectivity index (χ0v) is 19.8. The van der Waals surface area contributed by atoms with E-state index in [-0.39, 0.29) is 29.2 Å². The summed E-state index contributed by atoms with van der Waals surface area (Å²) in [6, 6.07) is 13.8. The predicted molar refractivity (Wildman–Crippen MR) is 124 cm³/mol. The molecular formula is C24H30N2O6S. The molecule has 2 atom stereocenters. The maximum Gasteiger partial charge on any atom is 0.328 e. The standard InChI is InChI=1S/C24H30N2O6S/c1-16(2)12-21(24(29)32-3)26-23(28)19(13-17-8-5-4-6-9-17)15-22(27)18-10-7-11-20(14-18)33(25,30)31/h4-11,14,16,19,21H,12-13,15H2,1-3H3,(H,26,28)(H2,25,30,31)/t19?,21-/m1/s1. The summed E-state index contributed by atoms with van der Waals surface area (Å²) < 4.78 is 28.1. The first kappa shape index (κ1) is 26.2. The molecule has 1 amide bonds. The molecule has 178 valence electrons. The lowest BCUT2D eigenvalue weighted by Crippen LogP contribution is -2.45. The second-order valence-electron chi connectivity index (χ2n) is 8.30. The number of amides is 1. The summed E-state index contributed by atoms with van der Waals surface area (Å²) in [6.45, 7) is 3.84. The molecule has 0 radical (unpaired) electrons. The van der Waals surface area contributed by atoms with E-state index in [0.29, 0.717) is 6.42 Å². The van der Waals surface area contributed by atoms with Crippen molar-refractivity contribution in [1.29, 1.82) is 0 Å². The molecule has 2 aromatic rings. The minimum absolute atomic E-state index is 0.129. The lowest BCUT2D eigenvalue weighted by Gasteiger charge is -2.22. The van der Waals surface area contributed by atoms with Gasteiger partial charge >= 0.3 is 5.97 Å². The second-order valence-corrected chi connectivity index (χ2v) is 9.86. The van der Waals surface area contributed by atoms with Crippen molar-refractivity contribution in [1.82, 2.24) is 5.32 Å². The summed E-state index contributed by atoms with van der Waals surface area (Å²) in [7, 11) is -2.72. The Morgan fingerprint density at radius 1 is 1.03 bits per heavy atom. The number of carbonyl (C=O) groups is 3. The van der Waals surface area contributed by atoms with Crippen LogP contribution in [0, 0.1) is 11.8 Å². The van der Waals surface area contributed by atoms with Crippen molar-refractivity contribution in [3.05, 3.63) is 65.7 Å². The summed E-state index contributed by atoms with van der Waals surface area (Å²) in [6.07, 6.45) is 0.480. The predicted octanol–water partition coefficient (Wildman–Crippen LogP) is 2.47. The molecule has 33 heavy (non-hydrogen) atoms. The van der Waals surface area contributed by atoms with E-state index in [2.05, 4.69) is 5.32 Å². The zero-order valence-electron chi connectivity index (χ0n) is 19.0. The number of methoxy groups -OCH3 is 1. The minimum atomic E-state index is -3.98. The van der Waals surface area contributed by atoms with E-state index >= 15 is 0 Å². The van der Waals surface area contributed by atoms with Crippen LogP contribution in [0.2, 0.25) is 0 Å². The van der Waals surface area contributed by atoms with Gasteiger partial charge in [0.15, 0.2) is 5.78 Å². The van der Waals surface area contributed by atoms with Crippen molar-refractivity contribution in [3.8, 4) is 0 Å². The molecule has 0 aliphatic rings. The quantitative estimate of drug-likeness (QED) is 0.380. The third-order valence-corrected chi connectivity index (χ3v) is 6.03. The number of hydrogen-bond donors (Lipinski definition) is 2. The van der Waals surface area contributed by atoms with Gasteiger partial charge in [0.25, 0.3) is 0 Å². The summed E-state index contributed by atoms with van der Waals surface area (Å²) in [5, 5.41) is 7.90. The average Bonchev–Trinajstić information content (AvgIpc) is 2.77. The summed E-state index contributed by atoms with van der Waals surface area (Å²) >= 11 is 0. The second kappa shape index (κ2) is 11.7. The molecule has 0 aliphatic carbocycles. The van der Waals surface area contributed by atoms with Gasteiger partial charge < -0.3 is 10.1 Å². The molecule has 0 spiro atoms. The maximum absolute atomic E-state index is 13.2. The molecular weight excluding hydrogens is 444 g/mol. The first-order valence-electron chi connectivity index (χ1n) is 10.6. The highest BCUT2D eigenvalue weighted by Gasteiger charge is 2.29. The van der Waals surface area contributed by atoms with Crippen molar-refractivity contribution >= 4 is 27.7 Å². The van der Waals surface area contributed by atoms with Gasteiger partial charge in [-0.05, 0) is 36.5 Å². The molecule has 0 fully saturated rings. The van der Waals surface area contributed by atoms with Crippen LogP contribution in [0.3, 0.4) is 0 Å². The molecule has 1 unspecified atom stereocenters. The van der Waals surface area contributed by atoms with Gasteiger partial charge in [0.1, 0.15) is 6.04 Å². The molecule has 3 N–H and O–H groups in total. The van der Waals surface area contributed by atoms with Crippen LogP contribution in [-0.4, -0.2) is 39.2 Å². The Morgan fingerprint density at radius 3 is 2.27 bits per heavy atom. The van der Waals surface area contributed by atoms with Crippen molar-refractivity contribution in [3.63, 3.8) is 0 Å².